The highest BCUT2D eigenvalue weighted by Crippen LogP contribution is 2.38. The number of alkyl halides is 2. The van der Waals surface area contributed by atoms with Gasteiger partial charge in [0.05, 0.1) is 23.6 Å². The van der Waals surface area contributed by atoms with Gasteiger partial charge in [-0.25, -0.2) is 14.4 Å². The maximum atomic E-state index is 13.5. The van der Waals surface area contributed by atoms with Crippen LogP contribution >= 0.6 is 0 Å². The molecule has 0 atom stereocenters. The van der Waals surface area contributed by atoms with Gasteiger partial charge in [-0.15, -0.1) is 0 Å². The van der Waals surface area contributed by atoms with E-state index in [-0.39, 0.29) is 22.8 Å². The molecule has 2 aromatic rings. The summed E-state index contributed by atoms with van der Waals surface area (Å²) in [4.78, 5) is 18.7. The molecule has 0 amide bonds. The lowest BCUT2D eigenvalue weighted by atomic mass is 10.2. The van der Waals surface area contributed by atoms with Gasteiger partial charge in [-0.05, 0) is 12.1 Å². The van der Waals surface area contributed by atoms with Crippen molar-refractivity contribution in [3.05, 3.63) is 47.2 Å². The van der Waals surface area contributed by atoms with Crippen LogP contribution in [0.25, 0.3) is 0 Å². The predicted octanol–water partition coefficient (Wildman–Crippen LogP) is 2.65. The van der Waals surface area contributed by atoms with Gasteiger partial charge in [0.15, 0.2) is 0 Å². The van der Waals surface area contributed by atoms with Crippen LogP contribution < -0.4 is 4.74 Å². The first-order valence-electron chi connectivity index (χ1n) is 6.06. The molecule has 0 unspecified atom stereocenters. The highest BCUT2D eigenvalue weighted by molar-refractivity contribution is 6.04. The molecule has 1 heterocycles. The molecule has 0 radical (unpaired) electrons. The van der Waals surface area contributed by atoms with Crippen molar-refractivity contribution in [3.63, 3.8) is 0 Å². The molecular weight excluding hydrogens is 299 g/mol. The second-order valence-corrected chi connectivity index (χ2v) is 4.61. The third kappa shape index (κ3) is 2.26. The van der Waals surface area contributed by atoms with E-state index >= 15 is 0 Å². The first kappa shape index (κ1) is 14.0. The van der Waals surface area contributed by atoms with Crippen LogP contribution in [0.4, 0.5) is 13.2 Å². The molecule has 1 aliphatic rings. The van der Waals surface area contributed by atoms with Gasteiger partial charge in [-0.1, -0.05) is 0 Å². The minimum atomic E-state index is -3.56. The fourth-order valence-corrected chi connectivity index (χ4v) is 2.11. The van der Waals surface area contributed by atoms with Crippen molar-refractivity contribution in [1.82, 2.24) is 9.97 Å². The maximum Gasteiger partial charge on any atom is 0.315 e. The smallest absolute Gasteiger partial charge is 0.315 e. The van der Waals surface area contributed by atoms with Gasteiger partial charge in [0, 0.05) is 6.07 Å². The van der Waals surface area contributed by atoms with Gasteiger partial charge in [-0.3, -0.25) is 4.79 Å². The number of carbonyl (C=O) groups excluding carboxylic acids is 1. The number of benzene rings is 1. The Balaban J connectivity index is 2.01. The number of rotatable bonds is 2. The fourth-order valence-electron chi connectivity index (χ4n) is 2.11. The molecule has 0 fully saturated rings. The van der Waals surface area contributed by atoms with Crippen LogP contribution in [-0.4, -0.2) is 21.7 Å². The standard InChI is InChI=1S/C14H6F3N3O2/c15-8-1-7(5-18)2-9(3-8)22-13-10-4-14(16,17)12(21)11(10)19-6-20-13/h1-3,6H,4H2. The molecule has 0 saturated carbocycles. The van der Waals surface area contributed by atoms with E-state index in [0.717, 1.165) is 18.5 Å². The molecule has 8 heteroatoms. The number of nitrogens with zero attached hydrogens (tertiary/aromatic N) is 3. The zero-order valence-electron chi connectivity index (χ0n) is 10.8. The van der Waals surface area contributed by atoms with Crippen molar-refractivity contribution in [1.29, 1.82) is 5.26 Å². The Morgan fingerprint density at radius 2 is 2.05 bits per heavy atom. The Kier molecular flexibility index (Phi) is 3.06. The first-order valence-corrected chi connectivity index (χ1v) is 6.06. The van der Waals surface area contributed by atoms with Crippen molar-refractivity contribution in [3.8, 4) is 17.7 Å². The summed E-state index contributed by atoms with van der Waals surface area (Å²) in [6, 6.07) is 4.94. The van der Waals surface area contributed by atoms with Gasteiger partial charge in [0.2, 0.25) is 5.88 Å². The molecule has 22 heavy (non-hydrogen) atoms. The minimum Gasteiger partial charge on any atom is -0.438 e. The second kappa shape index (κ2) is 4.80. The van der Waals surface area contributed by atoms with Crippen LogP contribution in [0, 0.1) is 17.1 Å². The SMILES string of the molecule is N#Cc1cc(F)cc(Oc2ncnc3c2CC(F)(F)C3=O)c1. The summed E-state index contributed by atoms with van der Waals surface area (Å²) >= 11 is 0. The summed E-state index contributed by atoms with van der Waals surface area (Å²) in [5.41, 5.74) is -0.547. The number of ether oxygens (including phenoxy) is 1. The highest BCUT2D eigenvalue weighted by Gasteiger charge is 2.49. The van der Waals surface area contributed by atoms with Crippen molar-refractivity contribution in [2.24, 2.45) is 0 Å². The molecule has 1 aromatic carbocycles. The normalized spacial score (nSPS) is 15.3. The van der Waals surface area contributed by atoms with E-state index < -0.39 is 29.6 Å². The number of carbonyl (C=O) groups is 1. The van der Waals surface area contributed by atoms with Crippen LogP contribution in [0.3, 0.4) is 0 Å². The third-order valence-electron chi connectivity index (χ3n) is 3.07. The van der Waals surface area contributed by atoms with E-state index in [1.54, 1.807) is 6.07 Å². The number of nitriles is 1. The van der Waals surface area contributed by atoms with Gasteiger partial charge in [-0.2, -0.15) is 14.0 Å². The zero-order valence-corrected chi connectivity index (χ0v) is 10.8. The van der Waals surface area contributed by atoms with Crippen molar-refractivity contribution >= 4 is 5.78 Å². The zero-order chi connectivity index (χ0) is 15.9. The molecule has 5 nitrogen and oxygen atoms in total. The van der Waals surface area contributed by atoms with Crippen molar-refractivity contribution in [2.75, 3.05) is 0 Å². The highest BCUT2D eigenvalue weighted by atomic mass is 19.3. The molecule has 0 bridgehead atoms. The van der Waals surface area contributed by atoms with Gasteiger partial charge < -0.3 is 4.74 Å². The lowest BCUT2D eigenvalue weighted by molar-refractivity contribution is 0.0164. The van der Waals surface area contributed by atoms with Gasteiger partial charge in [0.25, 0.3) is 5.78 Å². The predicted molar refractivity (Wildman–Crippen MR) is 66.2 cm³/mol. The molecule has 3 rings (SSSR count). The summed E-state index contributed by atoms with van der Waals surface area (Å²) in [7, 11) is 0. The van der Waals surface area contributed by atoms with E-state index in [1.165, 1.54) is 6.07 Å². The van der Waals surface area contributed by atoms with Crippen molar-refractivity contribution in [2.45, 2.75) is 12.3 Å². The van der Waals surface area contributed by atoms with Gasteiger partial charge in [0.1, 0.15) is 23.6 Å². The number of hydrogen-bond donors (Lipinski definition) is 0. The van der Waals surface area contributed by atoms with Crippen LogP contribution in [0.1, 0.15) is 21.6 Å². The van der Waals surface area contributed by atoms with E-state index in [2.05, 4.69) is 9.97 Å². The number of hydrogen-bond acceptors (Lipinski definition) is 5. The molecule has 1 aliphatic carbocycles. The average Bonchev–Trinajstić information content (AvgIpc) is 2.70. The lowest BCUT2D eigenvalue weighted by Crippen LogP contribution is -2.24. The number of aromatic nitrogens is 2. The fraction of sp³-hybridized carbons (Fsp3) is 0.143. The largest absolute Gasteiger partial charge is 0.438 e. The molecule has 110 valence electrons. The van der Waals surface area contributed by atoms with Crippen LogP contribution in [-0.2, 0) is 6.42 Å². The number of ketones is 1. The molecule has 0 spiro atoms. The van der Waals surface area contributed by atoms with E-state index in [1.807, 2.05) is 0 Å². The number of Topliss-reactive ketones (excluding diaryl/α,β-unsaturated/α-hetero) is 1. The molecule has 1 aromatic heterocycles. The Morgan fingerprint density at radius 3 is 2.77 bits per heavy atom. The summed E-state index contributed by atoms with van der Waals surface area (Å²) in [6.07, 6.45) is 0.0374. The topological polar surface area (TPSA) is 75.9 Å². The Bertz CT molecular complexity index is 831. The summed E-state index contributed by atoms with van der Waals surface area (Å²) in [5, 5.41) is 8.77. The van der Waals surface area contributed by atoms with Crippen LogP contribution in [0.15, 0.2) is 24.5 Å². The Labute approximate surface area is 122 Å². The summed E-state index contributed by atoms with van der Waals surface area (Å²) in [6.45, 7) is 0. The first-order chi connectivity index (χ1) is 10.4. The minimum absolute atomic E-state index is 0.00195. The average molecular weight is 305 g/mol. The molecule has 0 saturated heterocycles. The monoisotopic (exact) mass is 305 g/mol. The van der Waals surface area contributed by atoms with Crippen molar-refractivity contribution < 1.29 is 22.7 Å². The Morgan fingerprint density at radius 1 is 1.27 bits per heavy atom. The van der Waals surface area contributed by atoms with Gasteiger partial charge >= 0.3 is 5.92 Å². The maximum absolute atomic E-state index is 13.5. The number of halogens is 3. The second-order valence-electron chi connectivity index (χ2n) is 4.61. The molecular formula is C14H6F3N3O2. The lowest BCUT2D eigenvalue weighted by Gasteiger charge is -2.08. The molecule has 0 N–H and O–H groups in total. The Hall–Kier alpha value is -2.95. The van der Waals surface area contributed by atoms with E-state index in [4.69, 9.17) is 10.00 Å². The molecule has 0 aliphatic heterocycles. The van der Waals surface area contributed by atoms with E-state index in [9.17, 15) is 18.0 Å². The quantitative estimate of drug-likeness (QED) is 0.852. The number of fused-ring (bicyclic) bond motifs is 1. The summed E-state index contributed by atoms with van der Waals surface area (Å²) in [5.74, 6) is -6.02. The van der Waals surface area contributed by atoms with Crippen LogP contribution in [0.2, 0.25) is 0 Å². The van der Waals surface area contributed by atoms with Crippen LogP contribution in [0.5, 0.6) is 11.6 Å². The third-order valence-corrected chi connectivity index (χ3v) is 3.07. The van der Waals surface area contributed by atoms with E-state index in [0.29, 0.717) is 0 Å². The summed E-state index contributed by atoms with van der Waals surface area (Å²) < 4.78 is 45.5.